The van der Waals surface area contributed by atoms with Crippen molar-refractivity contribution in [3.63, 3.8) is 0 Å². The van der Waals surface area contributed by atoms with Crippen LogP contribution in [-0.2, 0) is 13.1 Å². The van der Waals surface area contributed by atoms with Gasteiger partial charge in [0.05, 0.1) is 12.7 Å². The number of aryl methyl sites for hydroxylation is 1. The van der Waals surface area contributed by atoms with Gasteiger partial charge in [-0.25, -0.2) is 0 Å². The minimum atomic E-state index is -0.101. The van der Waals surface area contributed by atoms with Gasteiger partial charge in [-0.05, 0) is 55.6 Å². The predicted octanol–water partition coefficient (Wildman–Crippen LogP) is 3.53. The summed E-state index contributed by atoms with van der Waals surface area (Å²) in [7, 11) is 1.59. The highest BCUT2D eigenvalue weighted by Gasteiger charge is 2.15. The molecular formula is C21H26N2O2. The Kier molecular flexibility index (Phi) is 5.71. The van der Waals surface area contributed by atoms with Crippen LogP contribution >= 0.6 is 0 Å². The molecule has 1 fully saturated rings. The van der Waals surface area contributed by atoms with Crippen LogP contribution in [-0.4, -0.2) is 31.0 Å². The van der Waals surface area contributed by atoms with Gasteiger partial charge in [0.15, 0.2) is 0 Å². The quantitative estimate of drug-likeness (QED) is 0.876. The second-order valence-electron chi connectivity index (χ2n) is 6.63. The molecule has 1 aliphatic heterocycles. The van der Waals surface area contributed by atoms with Gasteiger partial charge in [0.1, 0.15) is 5.75 Å². The topological polar surface area (TPSA) is 41.6 Å². The molecule has 0 unspecified atom stereocenters. The van der Waals surface area contributed by atoms with E-state index in [9.17, 15) is 4.79 Å². The average Bonchev–Trinajstić information content (AvgIpc) is 3.13. The van der Waals surface area contributed by atoms with Crippen molar-refractivity contribution in [3.05, 3.63) is 64.7 Å². The summed E-state index contributed by atoms with van der Waals surface area (Å²) >= 11 is 0. The summed E-state index contributed by atoms with van der Waals surface area (Å²) < 4.78 is 5.31. The fourth-order valence-electron chi connectivity index (χ4n) is 3.33. The molecule has 0 aromatic heterocycles. The van der Waals surface area contributed by atoms with Crippen molar-refractivity contribution in [2.45, 2.75) is 32.9 Å². The number of amides is 1. The molecule has 25 heavy (non-hydrogen) atoms. The Bertz CT molecular complexity index is 719. The fourth-order valence-corrected chi connectivity index (χ4v) is 3.33. The first-order valence-corrected chi connectivity index (χ1v) is 8.89. The van der Waals surface area contributed by atoms with Gasteiger partial charge in [0.25, 0.3) is 5.91 Å². The van der Waals surface area contributed by atoms with Crippen LogP contribution in [0, 0.1) is 6.92 Å². The van der Waals surface area contributed by atoms with Gasteiger partial charge >= 0.3 is 0 Å². The Balaban J connectivity index is 1.59. The van der Waals surface area contributed by atoms with E-state index in [0.29, 0.717) is 17.9 Å². The molecule has 0 aliphatic carbocycles. The molecule has 0 atom stereocenters. The van der Waals surface area contributed by atoms with Crippen LogP contribution in [0.15, 0.2) is 42.5 Å². The van der Waals surface area contributed by atoms with Gasteiger partial charge in [0.2, 0.25) is 0 Å². The number of hydrogen-bond donors (Lipinski definition) is 1. The van der Waals surface area contributed by atoms with Crippen LogP contribution in [0.25, 0.3) is 0 Å². The number of nitrogens with one attached hydrogen (secondary N) is 1. The smallest absolute Gasteiger partial charge is 0.255 e. The molecule has 4 nitrogen and oxygen atoms in total. The van der Waals surface area contributed by atoms with Crippen molar-refractivity contribution >= 4 is 5.91 Å². The summed E-state index contributed by atoms with van der Waals surface area (Å²) in [6, 6.07) is 14.1. The SMILES string of the molecule is COc1cccc(C)c1C(=O)NCc1ccc(CN2CCCC2)cc1. The van der Waals surface area contributed by atoms with E-state index in [4.69, 9.17) is 4.74 Å². The molecule has 1 N–H and O–H groups in total. The summed E-state index contributed by atoms with van der Waals surface area (Å²) in [5.41, 5.74) is 3.96. The monoisotopic (exact) mass is 338 g/mol. The highest BCUT2D eigenvalue weighted by molar-refractivity contribution is 5.98. The van der Waals surface area contributed by atoms with Gasteiger partial charge in [0, 0.05) is 13.1 Å². The van der Waals surface area contributed by atoms with Gasteiger partial charge < -0.3 is 10.1 Å². The maximum Gasteiger partial charge on any atom is 0.255 e. The summed E-state index contributed by atoms with van der Waals surface area (Å²) in [5.74, 6) is 0.509. The van der Waals surface area contributed by atoms with E-state index >= 15 is 0 Å². The molecule has 1 aliphatic rings. The highest BCUT2D eigenvalue weighted by Crippen LogP contribution is 2.21. The lowest BCUT2D eigenvalue weighted by atomic mass is 10.1. The van der Waals surface area contributed by atoms with Gasteiger partial charge in [-0.3, -0.25) is 9.69 Å². The zero-order chi connectivity index (χ0) is 17.6. The van der Waals surface area contributed by atoms with Crippen molar-refractivity contribution in [1.29, 1.82) is 0 Å². The number of benzene rings is 2. The maximum absolute atomic E-state index is 12.5. The van der Waals surface area contributed by atoms with E-state index in [2.05, 4.69) is 34.5 Å². The predicted molar refractivity (Wildman–Crippen MR) is 99.9 cm³/mol. The van der Waals surface area contributed by atoms with Crippen LogP contribution in [0.2, 0.25) is 0 Å². The molecule has 2 aromatic rings. The van der Waals surface area contributed by atoms with Crippen molar-refractivity contribution in [2.75, 3.05) is 20.2 Å². The Labute approximate surface area is 149 Å². The fraction of sp³-hybridized carbons (Fsp3) is 0.381. The van der Waals surface area contributed by atoms with E-state index in [1.165, 1.54) is 31.5 Å². The van der Waals surface area contributed by atoms with Crippen LogP contribution < -0.4 is 10.1 Å². The molecule has 0 radical (unpaired) electrons. The first kappa shape index (κ1) is 17.5. The Morgan fingerprint density at radius 3 is 2.44 bits per heavy atom. The minimum absolute atomic E-state index is 0.101. The first-order valence-electron chi connectivity index (χ1n) is 8.89. The van der Waals surface area contributed by atoms with E-state index < -0.39 is 0 Å². The number of hydrogen-bond acceptors (Lipinski definition) is 3. The van der Waals surface area contributed by atoms with Crippen molar-refractivity contribution in [2.24, 2.45) is 0 Å². The van der Waals surface area contributed by atoms with Crippen LogP contribution in [0.4, 0.5) is 0 Å². The number of carbonyl (C=O) groups excluding carboxylic acids is 1. The first-order chi connectivity index (χ1) is 12.2. The molecule has 0 spiro atoms. The molecule has 132 valence electrons. The molecular weight excluding hydrogens is 312 g/mol. The Morgan fingerprint density at radius 1 is 1.08 bits per heavy atom. The zero-order valence-electron chi connectivity index (χ0n) is 15.0. The normalized spacial score (nSPS) is 14.5. The number of nitrogens with zero attached hydrogens (tertiary/aromatic N) is 1. The zero-order valence-corrected chi connectivity index (χ0v) is 15.0. The molecule has 1 heterocycles. The molecule has 2 aromatic carbocycles. The second kappa shape index (κ2) is 8.17. The lowest BCUT2D eigenvalue weighted by molar-refractivity contribution is 0.0947. The molecule has 0 saturated carbocycles. The van der Waals surface area contributed by atoms with E-state index in [1.54, 1.807) is 7.11 Å². The average molecular weight is 338 g/mol. The van der Waals surface area contributed by atoms with Crippen molar-refractivity contribution in [1.82, 2.24) is 10.2 Å². The summed E-state index contributed by atoms with van der Waals surface area (Å²) in [4.78, 5) is 15.0. The third-order valence-corrected chi connectivity index (χ3v) is 4.76. The standard InChI is InChI=1S/C21H26N2O2/c1-16-6-5-7-19(25-2)20(16)21(24)22-14-17-8-10-18(11-9-17)15-23-12-3-4-13-23/h5-11H,3-4,12-15H2,1-2H3,(H,22,24). The second-order valence-corrected chi connectivity index (χ2v) is 6.63. The van der Waals surface area contributed by atoms with Gasteiger partial charge in [-0.15, -0.1) is 0 Å². The largest absolute Gasteiger partial charge is 0.496 e. The lowest BCUT2D eigenvalue weighted by Crippen LogP contribution is -2.24. The number of ether oxygens (including phenoxy) is 1. The van der Waals surface area contributed by atoms with Crippen LogP contribution in [0.1, 0.15) is 39.9 Å². The number of rotatable bonds is 6. The third kappa shape index (κ3) is 4.40. The lowest BCUT2D eigenvalue weighted by Gasteiger charge is -2.15. The van der Waals surface area contributed by atoms with Gasteiger partial charge in [-0.2, -0.15) is 0 Å². The highest BCUT2D eigenvalue weighted by atomic mass is 16.5. The molecule has 0 bridgehead atoms. The van der Waals surface area contributed by atoms with Crippen molar-refractivity contribution < 1.29 is 9.53 Å². The van der Waals surface area contributed by atoms with E-state index in [0.717, 1.165) is 17.7 Å². The molecule has 1 amide bonds. The molecule has 1 saturated heterocycles. The summed E-state index contributed by atoms with van der Waals surface area (Å²) in [5, 5.41) is 2.99. The number of carbonyl (C=O) groups is 1. The van der Waals surface area contributed by atoms with Gasteiger partial charge in [-0.1, -0.05) is 36.4 Å². The van der Waals surface area contributed by atoms with E-state index in [1.807, 2.05) is 25.1 Å². The maximum atomic E-state index is 12.5. The van der Waals surface area contributed by atoms with E-state index in [-0.39, 0.29) is 5.91 Å². The Hall–Kier alpha value is -2.33. The minimum Gasteiger partial charge on any atom is -0.496 e. The Morgan fingerprint density at radius 2 is 1.76 bits per heavy atom. The number of methoxy groups -OCH3 is 1. The summed E-state index contributed by atoms with van der Waals surface area (Å²) in [6.45, 7) is 5.87. The summed E-state index contributed by atoms with van der Waals surface area (Å²) in [6.07, 6.45) is 2.62. The van der Waals surface area contributed by atoms with Crippen LogP contribution in [0.3, 0.4) is 0 Å². The third-order valence-electron chi connectivity index (χ3n) is 4.76. The molecule has 4 heteroatoms. The number of likely N-dealkylation sites (tertiary alicyclic amines) is 1. The molecule has 3 rings (SSSR count). The van der Waals surface area contributed by atoms with Crippen molar-refractivity contribution in [3.8, 4) is 5.75 Å². The van der Waals surface area contributed by atoms with Crippen LogP contribution in [0.5, 0.6) is 5.75 Å².